The lowest BCUT2D eigenvalue weighted by molar-refractivity contribution is -0.146. The number of nitrogens with zero attached hydrogens (tertiary/aromatic N) is 2. The SMILES string of the molecule is COc1ccc([Si](C)(C)[C@@H]2[C@@H](CCO)O[C@]3(C(=O)N(Cc4ccc(N5CCC5=O)cc4)c4ccc(Br)cc43)[C@H]2C)cc1. The minimum Gasteiger partial charge on any atom is -0.497 e. The molecule has 3 heterocycles. The first-order chi connectivity index (χ1) is 20.1. The van der Waals surface area contributed by atoms with E-state index in [2.05, 4.69) is 48.1 Å². The molecule has 0 aliphatic carbocycles. The molecule has 3 aliphatic heterocycles. The summed E-state index contributed by atoms with van der Waals surface area (Å²) in [5.74, 6) is 0.769. The van der Waals surface area contributed by atoms with Crippen LogP contribution in [-0.2, 0) is 26.5 Å². The van der Waals surface area contributed by atoms with Crippen molar-refractivity contribution in [2.45, 2.75) is 56.7 Å². The maximum absolute atomic E-state index is 14.7. The smallest absolute Gasteiger partial charge is 0.264 e. The van der Waals surface area contributed by atoms with Crippen LogP contribution < -0.4 is 19.7 Å². The number of carbonyl (C=O) groups excluding carboxylic acids is 2. The van der Waals surface area contributed by atoms with Crippen LogP contribution in [0.15, 0.2) is 71.2 Å². The third-order valence-electron chi connectivity index (χ3n) is 9.65. The molecule has 6 rings (SSSR count). The molecule has 1 spiro atoms. The number of aliphatic hydroxyl groups is 1. The average Bonchev–Trinajstić information content (AvgIpc) is 3.40. The molecular formula is C33H37BrN2O5Si. The molecule has 2 saturated heterocycles. The topological polar surface area (TPSA) is 79.3 Å². The van der Waals surface area contributed by atoms with E-state index in [1.54, 1.807) is 12.0 Å². The zero-order valence-corrected chi connectivity index (χ0v) is 27.1. The molecule has 0 unspecified atom stereocenters. The van der Waals surface area contributed by atoms with Crippen LogP contribution in [0.4, 0.5) is 11.4 Å². The Labute approximate surface area is 256 Å². The van der Waals surface area contributed by atoms with Gasteiger partial charge < -0.3 is 24.4 Å². The molecule has 1 N–H and O–H groups in total. The first-order valence-corrected chi connectivity index (χ1v) is 18.4. The molecule has 220 valence electrons. The second-order valence-corrected chi connectivity index (χ2v) is 17.8. The second kappa shape index (κ2) is 10.9. The highest BCUT2D eigenvalue weighted by molar-refractivity contribution is 9.10. The number of methoxy groups -OCH3 is 1. The Hall–Kier alpha value is -2.98. The fourth-order valence-electron chi connectivity index (χ4n) is 7.39. The predicted molar refractivity (Wildman–Crippen MR) is 170 cm³/mol. The summed E-state index contributed by atoms with van der Waals surface area (Å²) in [7, 11) is -0.560. The average molecular weight is 650 g/mol. The maximum atomic E-state index is 14.7. The number of fused-ring (bicyclic) bond motifs is 2. The number of rotatable bonds is 8. The van der Waals surface area contributed by atoms with Crippen molar-refractivity contribution < 1.29 is 24.2 Å². The summed E-state index contributed by atoms with van der Waals surface area (Å²) in [4.78, 5) is 30.2. The van der Waals surface area contributed by atoms with E-state index in [-0.39, 0.29) is 36.0 Å². The normalized spacial score (nSPS) is 25.2. The Morgan fingerprint density at radius 1 is 1.07 bits per heavy atom. The van der Waals surface area contributed by atoms with Crippen LogP contribution in [0.5, 0.6) is 5.75 Å². The number of benzene rings is 3. The van der Waals surface area contributed by atoms with Gasteiger partial charge in [-0.15, -0.1) is 0 Å². The lowest BCUT2D eigenvalue weighted by atomic mass is 9.82. The maximum Gasteiger partial charge on any atom is 0.264 e. The molecular weight excluding hydrogens is 612 g/mol. The molecule has 7 nitrogen and oxygen atoms in total. The highest BCUT2D eigenvalue weighted by Crippen LogP contribution is 2.60. The molecule has 42 heavy (non-hydrogen) atoms. The van der Waals surface area contributed by atoms with Gasteiger partial charge in [0.15, 0.2) is 5.60 Å². The van der Waals surface area contributed by atoms with E-state index in [1.165, 1.54) is 5.19 Å². The first-order valence-electron chi connectivity index (χ1n) is 14.6. The number of anilines is 2. The molecule has 2 fully saturated rings. The Kier molecular flexibility index (Phi) is 7.58. The first kappa shape index (κ1) is 29.1. The second-order valence-electron chi connectivity index (χ2n) is 12.2. The molecule has 3 aliphatic rings. The van der Waals surface area contributed by atoms with Gasteiger partial charge in [-0.25, -0.2) is 0 Å². The van der Waals surface area contributed by atoms with Gasteiger partial charge in [-0.1, -0.05) is 65.4 Å². The highest BCUT2D eigenvalue weighted by atomic mass is 79.9. The summed E-state index contributed by atoms with van der Waals surface area (Å²) in [5, 5.41) is 11.4. The predicted octanol–water partition coefficient (Wildman–Crippen LogP) is 5.34. The number of aliphatic hydroxyl groups excluding tert-OH is 1. The molecule has 9 heteroatoms. The van der Waals surface area contributed by atoms with E-state index < -0.39 is 13.7 Å². The summed E-state index contributed by atoms with van der Waals surface area (Å²) in [6.07, 6.45) is 0.793. The minimum atomic E-state index is -2.23. The van der Waals surface area contributed by atoms with E-state index in [0.717, 1.165) is 39.3 Å². The van der Waals surface area contributed by atoms with Gasteiger partial charge in [-0.3, -0.25) is 9.59 Å². The van der Waals surface area contributed by atoms with Gasteiger partial charge in [0.2, 0.25) is 5.91 Å². The van der Waals surface area contributed by atoms with Gasteiger partial charge in [0.05, 0.1) is 33.5 Å². The monoisotopic (exact) mass is 648 g/mol. The molecule has 0 bridgehead atoms. The molecule has 2 amide bonds. The number of halogens is 1. The molecule has 0 saturated carbocycles. The third-order valence-corrected chi connectivity index (χ3v) is 14.5. The van der Waals surface area contributed by atoms with Crippen molar-refractivity contribution in [3.63, 3.8) is 0 Å². The van der Waals surface area contributed by atoms with E-state index >= 15 is 0 Å². The van der Waals surface area contributed by atoms with Crippen LogP contribution in [0.1, 0.15) is 30.9 Å². The number of carbonyl (C=O) groups is 2. The van der Waals surface area contributed by atoms with Crippen LogP contribution in [0.25, 0.3) is 0 Å². The van der Waals surface area contributed by atoms with E-state index in [9.17, 15) is 14.7 Å². The standard InChI is InChI=1S/C33H37BrN2O5Si/c1-21-31(42(3,4)26-12-10-25(40-2)11-13-26)29(16-18-37)41-33(21)27-19-23(34)7-14-28(27)36(32(33)39)20-22-5-8-24(9-6-22)35-17-15-30(35)38/h5-14,19,21,29,31,37H,15-18,20H2,1-4H3/t21-,29+,31-,33+/m0/s1. The van der Waals surface area contributed by atoms with E-state index in [1.807, 2.05) is 59.5 Å². The number of β-lactam (4-membered cyclic amide) rings is 1. The summed E-state index contributed by atoms with van der Waals surface area (Å²) in [5.41, 5.74) is 2.53. The Balaban J connectivity index is 1.37. The van der Waals surface area contributed by atoms with Crippen LogP contribution in [0.2, 0.25) is 18.6 Å². The fraction of sp³-hybridized carbons (Fsp3) is 0.394. The molecule has 0 aromatic heterocycles. The Morgan fingerprint density at radius 2 is 1.79 bits per heavy atom. The summed E-state index contributed by atoms with van der Waals surface area (Å²) < 4.78 is 13.3. The number of hydrogen-bond donors (Lipinski definition) is 1. The van der Waals surface area contributed by atoms with Gasteiger partial charge >= 0.3 is 0 Å². The van der Waals surface area contributed by atoms with Crippen molar-refractivity contribution in [2.75, 3.05) is 30.1 Å². The lowest BCUT2D eigenvalue weighted by Gasteiger charge is -2.37. The summed E-state index contributed by atoms with van der Waals surface area (Å²) in [6, 6.07) is 22.2. The van der Waals surface area contributed by atoms with E-state index in [0.29, 0.717) is 19.4 Å². The van der Waals surface area contributed by atoms with Crippen LogP contribution in [0, 0.1) is 5.92 Å². The number of amides is 2. The fourth-order valence-corrected chi connectivity index (χ4v) is 11.8. The van der Waals surface area contributed by atoms with Crippen LogP contribution in [0.3, 0.4) is 0 Å². The molecule has 3 aromatic carbocycles. The lowest BCUT2D eigenvalue weighted by Crippen LogP contribution is -2.51. The molecule has 3 aromatic rings. The molecule has 0 radical (unpaired) electrons. The van der Waals surface area contributed by atoms with Gasteiger partial charge in [-0.05, 0) is 60.0 Å². The zero-order chi connectivity index (χ0) is 29.8. The highest BCUT2D eigenvalue weighted by Gasteiger charge is 2.66. The van der Waals surface area contributed by atoms with Gasteiger partial charge in [0, 0.05) is 41.2 Å². The summed E-state index contributed by atoms with van der Waals surface area (Å²) in [6.45, 7) is 7.97. The largest absolute Gasteiger partial charge is 0.497 e. The van der Waals surface area contributed by atoms with Crippen molar-refractivity contribution in [2.24, 2.45) is 5.92 Å². The molecule has 4 atom stereocenters. The van der Waals surface area contributed by atoms with Gasteiger partial charge in [0.1, 0.15) is 5.75 Å². The zero-order valence-electron chi connectivity index (χ0n) is 24.5. The third kappa shape index (κ3) is 4.52. The number of ether oxygens (including phenoxy) is 2. The van der Waals surface area contributed by atoms with Gasteiger partial charge in [-0.2, -0.15) is 0 Å². The van der Waals surface area contributed by atoms with Crippen molar-refractivity contribution in [3.05, 3.63) is 82.3 Å². The quantitative estimate of drug-likeness (QED) is 0.264. The number of hydrogen-bond acceptors (Lipinski definition) is 5. The van der Waals surface area contributed by atoms with Crippen molar-refractivity contribution in [3.8, 4) is 5.75 Å². The van der Waals surface area contributed by atoms with Crippen molar-refractivity contribution >= 4 is 52.4 Å². The minimum absolute atomic E-state index is 0.00776. The van der Waals surface area contributed by atoms with Crippen LogP contribution in [-0.4, -0.2) is 51.4 Å². The Morgan fingerprint density at radius 3 is 2.38 bits per heavy atom. The van der Waals surface area contributed by atoms with Crippen molar-refractivity contribution in [1.82, 2.24) is 0 Å². The Bertz CT molecular complexity index is 1510. The van der Waals surface area contributed by atoms with Gasteiger partial charge in [0.25, 0.3) is 5.91 Å². The van der Waals surface area contributed by atoms with Crippen molar-refractivity contribution in [1.29, 1.82) is 0 Å². The van der Waals surface area contributed by atoms with E-state index in [4.69, 9.17) is 9.47 Å². The summed E-state index contributed by atoms with van der Waals surface area (Å²) >= 11 is 3.65. The van der Waals surface area contributed by atoms with Crippen LogP contribution >= 0.6 is 15.9 Å².